The van der Waals surface area contributed by atoms with Crippen molar-refractivity contribution in [2.24, 2.45) is 5.41 Å². The number of imide groups is 2. The molecule has 0 aromatic heterocycles. The van der Waals surface area contributed by atoms with E-state index in [0.717, 1.165) is 0 Å². The second kappa shape index (κ2) is 5.75. The van der Waals surface area contributed by atoms with Gasteiger partial charge in [0.25, 0.3) is 0 Å². The molecule has 1 N–H and O–H groups in total. The number of rotatable bonds is 6. The van der Waals surface area contributed by atoms with Crippen molar-refractivity contribution in [2.45, 2.75) is 58.5 Å². The predicted octanol–water partition coefficient (Wildman–Crippen LogP) is 1.35. The molecule has 1 saturated heterocycles. The third kappa shape index (κ3) is 2.69. The van der Waals surface area contributed by atoms with Crippen LogP contribution in [0.25, 0.3) is 0 Å². The Kier molecular flexibility index (Phi) is 4.37. The normalized spacial score (nSPS) is 23.5. The van der Waals surface area contributed by atoms with Gasteiger partial charge in [-0.25, -0.2) is 4.79 Å². The van der Waals surface area contributed by atoms with Gasteiger partial charge >= 0.3 is 6.03 Å². The maximum Gasteiger partial charge on any atom is 0.330 e. The highest BCUT2D eigenvalue weighted by Crippen LogP contribution is 2.33. The molecule has 6 nitrogen and oxygen atoms in total. The molecule has 1 unspecified atom stereocenters. The van der Waals surface area contributed by atoms with E-state index in [1.807, 2.05) is 27.8 Å². The summed E-state index contributed by atoms with van der Waals surface area (Å²) in [6, 6.07) is 0.0667. The Bertz CT molecular complexity index is 455. The molecule has 1 aliphatic heterocycles. The molecular formula is C15H25N3O3. The standard InChI is InChI=1S/C15H25N3O3/c1-5-15(6-2)12(19)16-14(21)18(13(15)20)9-10(3)17(4)11-7-8-11/h10-11H,5-9H2,1-4H3,(H,16,19,21). The van der Waals surface area contributed by atoms with Crippen LogP contribution in [0.3, 0.4) is 0 Å². The smallest absolute Gasteiger partial charge is 0.299 e. The summed E-state index contributed by atoms with van der Waals surface area (Å²) < 4.78 is 0. The number of nitrogens with one attached hydrogen (secondary N) is 1. The summed E-state index contributed by atoms with van der Waals surface area (Å²) in [6.07, 6.45) is 3.16. The highest BCUT2D eigenvalue weighted by molar-refractivity contribution is 6.19. The quantitative estimate of drug-likeness (QED) is 0.751. The summed E-state index contributed by atoms with van der Waals surface area (Å²) in [5, 5.41) is 2.35. The molecule has 2 aliphatic rings. The molecule has 0 bridgehead atoms. The van der Waals surface area contributed by atoms with E-state index in [2.05, 4.69) is 10.2 Å². The van der Waals surface area contributed by atoms with E-state index in [4.69, 9.17) is 0 Å². The molecule has 1 aliphatic carbocycles. The number of amides is 4. The third-order valence-electron chi connectivity index (χ3n) is 5.03. The van der Waals surface area contributed by atoms with E-state index in [0.29, 0.717) is 25.4 Å². The molecular weight excluding hydrogens is 270 g/mol. The minimum absolute atomic E-state index is 0.0896. The van der Waals surface area contributed by atoms with E-state index in [1.165, 1.54) is 17.7 Å². The average Bonchev–Trinajstić information content (AvgIpc) is 3.28. The van der Waals surface area contributed by atoms with Crippen LogP contribution in [0, 0.1) is 5.41 Å². The van der Waals surface area contributed by atoms with Gasteiger partial charge in [0.15, 0.2) is 0 Å². The lowest BCUT2D eigenvalue weighted by Crippen LogP contribution is -2.65. The molecule has 6 heteroatoms. The molecule has 1 heterocycles. The number of hydrogen-bond acceptors (Lipinski definition) is 4. The van der Waals surface area contributed by atoms with Crippen molar-refractivity contribution in [1.29, 1.82) is 0 Å². The highest BCUT2D eigenvalue weighted by atomic mass is 16.2. The van der Waals surface area contributed by atoms with Gasteiger partial charge in [0, 0.05) is 18.6 Å². The Labute approximate surface area is 125 Å². The number of urea groups is 1. The van der Waals surface area contributed by atoms with Crippen molar-refractivity contribution in [3.8, 4) is 0 Å². The van der Waals surface area contributed by atoms with Crippen molar-refractivity contribution >= 4 is 17.8 Å². The summed E-state index contributed by atoms with van der Waals surface area (Å²) in [5.41, 5.74) is -1.09. The van der Waals surface area contributed by atoms with Gasteiger partial charge in [0.05, 0.1) is 0 Å². The molecule has 2 rings (SSSR count). The van der Waals surface area contributed by atoms with Gasteiger partial charge in [-0.15, -0.1) is 0 Å². The third-order valence-corrected chi connectivity index (χ3v) is 5.03. The van der Waals surface area contributed by atoms with E-state index in [1.54, 1.807) is 0 Å². The minimum Gasteiger partial charge on any atom is -0.299 e. The number of nitrogens with zero attached hydrogens (tertiary/aromatic N) is 2. The van der Waals surface area contributed by atoms with Gasteiger partial charge in [0.2, 0.25) is 11.8 Å². The average molecular weight is 295 g/mol. The van der Waals surface area contributed by atoms with Gasteiger partial charge in [0.1, 0.15) is 5.41 Å². The lowest BCUT2D eigenvalue weighted by Gasteiger charge is -2.40. The Morgan fingerprint density at radius 1 is 1.29 bits per heavy atom. The zero-order chi connectivity index (χ0) is 15.8. The van der Waals surface area contributed by atoms with Gasteiger partial charge in [-0.3, -0.25) is 24.7 Å². The zero-order valence-corrected chi connectivity index (χ0v) is 13.3. The largest absolute Gasteiger partial charge is 0.330 e. The van der Waals surface area contributed by atoms with E-state index < -0.39 is 17.4 Å². The maximum atomic E-state index is 12.7. The van der Waals surface area contributed by atoms with Crippen molar-refractivity contribution in [2.75, 3.05) is 13.6 Å². The summed E-state index contributed by atoms with van der Waals surface area (Å²) in [5.74, 6) is -0.806. The van der Waals surface area contributed by atoms with Crippen LogP contribution >= 0.6 is 0 Å². The van der Waals surface area contributed by atoms with Crippen molar-refractivity contribution < 1.29 is 14.4 Å². The zero-order valence-electron chi connectivity index (χ0n) is 13.3. The summed E-state index contributed by atoms with van der Waals surface area (Å²) in [4.78, 5) is 40.3. The molecule has 4 amide bonds. The molecule has 21 heavy (non-hydrogen) atoms. The van der Waals surface area contributed by atoms with Gasteiger partial charge < -0.3 is 0 Å². The highest BCUT2D eigenvalue weighted by Gasteiger charge is 2.51. The summed E-state index contributed by atoms with van der Waals surface area (Å²) in [7, 11) is 2.02. The first-order chi connectivity index (χ1) is 9.87. The number of carbonyl (C=O) groups excluding carboxylic acids is 3. The Hall–Kier alpha value is -1.43. The fraction of sp³-hybridized carbons (Fsp3) is 0.800. The first kappa shape index (κ1) is 15.9. The number of likely N-dealkylation sites (N-methyl/N-ethyl adjacent to an activating group) is 1. The van der Waals surface area contributed by atoms with E-state index in [9.17, 15) is 14.4 Å². The molecule has 0 spiro atoms. The Balaban J connectivity index is 2.15. The van der Waals surface area contributed by atoms with Crippen LogP contribution in [0.4, 0.5) is 4.79 Å². The Morgan fingerprint density at radius 3 is 2.33 bits per heavy atom. The van der Waals surface area contributed by atoms with Gasteiger partial charge in [-0.05, 0) is 39.7 Å². The van der Waals surface area contributed by atoms with Gasteiger partial charge in [-0.2, -0.15) is 0 Å². The first-order valence-electron chi connectivity index (χ1n) is 7.76. The predicted molar refractivity (Wildman–Crippen MR) is 78.5 cm³/mol. The maximum absolute atomic E-state index is 12.7. The molecule has 1 atom stereocenters. The summed E-state index contributed by atoms with van der Waals surface area (Å²) >= 11 is 0. The van der Waals surface area contributed by atoms with Crippen LogP contribution in [0.1, 0.15) is 46.5 Å². The molecule has 2 fully saturated rings. The van der Waals surface area contributed by atoms with E-state index in [-0.39, 0.29) is 11.9 Å². The molecule has 0 radical (unpaired) electrons. The lowest BCUT2D eigenvalue weighted by molar-refractivity contribution is -0.152. The summed E-state index contributed by atoms with van der Waals surface area (Å²) in [6.45, 7) is 5.96. The second-order valence-corrected chi connectivity index (χ2v) is 6.21. The van der Waals surface area contributed by atoms with Crippen LogP contribution in [0.5, 0.6) is 0 Å². The second-order valence-electron chi connectivity index (χ2n) is 6.21. The van der Waals surface area contributed by atoms with Crippen LogP contribution in [-0.4, -0.2) is 53.3 Å². The fourth-order valence-corrected chi connectivity index (χ4v) is 3.01. The van der Waals surface area contributed by atoms with Crippen LogP contribution < -0.4 is 5.32 Å². The Morgan fingerprint density at radius 2 is 1.86 bits per heavy atom. The van der Waals surface area contributed by atoms with Crippen molar-refractivity contribution in [3.63, 3.8) is 0 Å². The van der Waals surface area contributed by atoms with Crippen LogP contribution in [-0.2, 0) is 9.59 Å². The molecule has 0 aromatic rings. The monoisotopic (exact) mass is 295 g/mol. The molecule has 118 valence electrons. The molecule has 0 aromatic carbocycles. The topological polar surface area (TPSA) is 69.7 Å². The number of hydrogen-bond donors (Lipinski definition) is 1. The SMILES string of the molecule is CCC1(CC)C(=O)NC(=O)N(CC(C)N(C)C2CC2)C1=O. The first-order valence-corrected chi connectivity index (χ1v) is 7.76. The van der Waals surface area contributed by atoms with Crippen LogP contribution in [0.2, 0.25) is 0 Å². The molecule has 1 saturated carbocycles. The van der Waals surface area contributed by atoms with Crippen molar-refractivity contribution in [1.82, 2.24) is 15.1 Å². The van der Waals surface area contributed by atoms with Gasteiger partial charge in [-0.1, -0.05) is 13.8 Å². The van der Waals surface area contributed by atoms with Crippen LogP contribution in [0.15, 0.2) is 0 Å². The fourth-order valence-electron chi connectivity index (χ4n) is 3.01. The minimum atomic E-state index is -1.09. The lowest BCUT2D eigenvalue weighted by atomic mass is 9.78. The number of carbonyl (C=O) groups is 3. The van der Waals surface area contributed by atoms with Crippen molar-refractivity contribution in [3.05, 3.63) is 0 Å². The number of barbiturate groups is 1. The van der Waals surface area contributed by atoms with E-state index >= 15 is 0 Å².